The third-order valence-electron chi connectivity index (χ3n) is 4.62. The van der Waals surface area contributed by atoms with E-state index in [0.29, 0.717) is 18.3 Å². The van der Waals surface area contributed by atoms with Gasteiger partial charge in [-0.1, -0.05) is 48.2 Å². The van der Waals surface area contributed by atoms with Gasteiger partial charge >= 0.3 is 0 Å². The van der Waals surface area contributed by atoms with Gasteiger partial charge in [-0.2, -0.15) is 0 Å². The van der Waals surface area contributed by atoms with Crippen molar-refractivity contribution in [3.8, 4) is 5.75 Å². The fourth-order valence-corrected chi connectivity index (χ4v) is 3.86. The lowest BCUT2D eigenvalue weighted by molar-refractivity contribution is -0.113. The van der Waals surface area contributed by atoms with Gasteiger partial charge in [0, 0.05) is 12.2 Å². The van der Waals surface area contributed by atoms with Crippen LogP contribution >= 0.6 is 11.8 Å². The van der Waals surface area contributed by atoms with Gasteiger partial charge in [0.25, 0.3) is 0 Å². The zero-order valence-electron chi connectivity index (χ0n) is 17.2. The average Bonchev–Trinajstić information content (AvgIpc) is 3.09. The van der Waals surface area contributed by atoms with E-state index in [1.807, 2.05) is 74.7 Å². The van der Waals surface area contributed by atoms with Crippen molar-refractivity contribution in [2.45, 2.75) is 46.0 Å². The first-order valence-corrected chi connectivity index (χ1v) is 10.6. The Bertz CT molecular complexity index is 980. The lowest BCUT2D eigenvalue weighted by atomic mass is 10.1. The highest BCUT2D eigenvalue weighted by atomic mass is 32.2. The van der Waals surface area contributed by atoms with Crippen LogP contribution in [0.3, 0.4) is 0 Å². The quantitative estimate of drug-likeness (QED) is 0.553. The minimum absolute atomic E-state index is 0.0664. The molecule has 152 valence electrons. The molecule has 6 nitrogen and oxygen atoms in total. The summed E-state index contributed by atoms with van der Waals surface area (Å²) in [4.78, 5) is 12.3. The number of ether oxygens (including phenoxy) is 1. The molecule has 0 spiro atoms. The van der Waals surface area contributed by atoms with Gasteiger partial charge in [0.2, 0.25) is 5.91 Å². The van der Waals surface area contributed by atoms with Crippen LogP contribution in [-0.2, 0) is 17.9 Å². The molecule has 1 aromatic heterocycles. The highest BCUT2D eigenvalue weighted by molar-refractivity contribution is 7.99. The number of hydrogen-bond donors (Lipinski definition) is 1. The van der Waals surface area contributed by atoms with E-state index in [2.05, 4.69) is 15.5 Å². The van der Waals surface area contributed by atoms with Crippen LogP contribution in [0.25, 0.3) is 0 Å². The lowest BCUT2D eigenvalue weighted by Crippen LogP contribution is -2.15. The van der Waals surface area contributed by atoms with Gasteiger partial charge in [0.15, 0.2) is 11.0 Å². The van der Waals surface area contributed by atoms with Crippen LogP contribution in [0.4, 0.5) is 5.69 Å². The molecular formula is C22H26N4O2S. The number of aryl methyl sites for hydroxylation is 3. The fourth-order valence-electron chi connectivity index (χ4n) is 3.04. The number of carbonyl (C=O) groups is 1. The summed E-state index contributed by atoms with van der Waals surface area (Å²) in [7, 11) is 0. The van der Waals surface area contributed by atoms with E-state index in [0.717, 1.165) is 34.0 Å². The molecule has 0 saturated heterocycles. The van der Waals surface area contributed by atoms with Gasteiger partial charge < -0.3 is 14.6 Å². The largest absolute Gasteiger partial charge is 0.485 e. The predicted molar refractivity (Wildman–Crippen MR) is 116 cm³/mol. The monoisotopic (exact) mass is 410 g/mol. The first kappa shape index (κ1) is 20.9. The summed E-state index contributed by atoms with van der Waals surface area (Å²) in [6, 6.07) is 13.8. The Labute approximate surface area is 175 Å². The summed E-state index contributed by atoms with van der Waals surface area (Å²) < 4.78 is 8.00. The smallest absolute Gasteiger partial charge is 0.234 e. The van der Waals surface area contributed by atoms with Gasteiger partial charge in [0.05, 0.1) is 5.75 Å². The normalized spacial score (nSPS) is 10.8. The number of hydrogen-bond acceptors (Lipinski definition) is 5. The van der Waals surface area contributed by atoms with Crippen molar-refractivity contribution in [1.82, 2.24) is 14.8 Å². The molecular weight excluding hydrogens is 384 g/mol. The fraction of sp³-hybridized carbons (Fsp3) is 0.318. The Hall–Kier alpha value is -2.80. The number of anilines is 1. The number of aromatic nitrogens is 3. The van der Waals surface area contributed by atoms with Crippen LogP contribution in [0, 0.1) is 20.8 Å². The summed E-state index contributed by atoms with van der Waals surface area (Å²) in [5.74, 6) is 1.83. The Morgan fingerprint density at radius 3 is 2.41 bits per heavy atom. The molecule has 1 N–H and O–H groups in total. The summed E-state index contributed by atoms with van der Waals surface area (Å²) in [5, 5.41) is 12.2. The molecule has 0 atom stereocenters. The van der Waals surface area contributed by atoms with Crippen LogP contribution in [-0.4, -0.2) is 26.4 Å². The molecule has 3 aromatic rings. The number of benzene rings is 2. The summed E-state index contributed by atoms with van der Waals surface area (Å²) in [5.41, 5.74) is 4.05. The molecule has 0 aliphatic heterocycles. The van der Waals surface area contributed by atoms with E-state index in [1.165, 1.54) is 11.8 Å². The molecule has 2 aromatic carbocycles. The maximum absolute atomic E-state index is 12.3. The van der Waals surface area contributed by atoms with Crippen LogP contribution in [0.2, 0.25) is 0 Å². The molecule has 0 fully saturated rings. The Kier molecular flexibility index (Phi) is 6.93. The maximum Gasteiger partial charge on any atom is 0.234 e. The average molecular weight is 411 g/mol. The SMILES string of the molecule is CCn1c(COc2c(C)cccc2C)nnc1SCC(=O)Nc1ccccc1C. The second-order valence-corrected chi connectivity index (χ2v) is 7.75. The number of amides is 1. The Balaban J connectivity index is 1.62. The van der Waals surface area contributed by atoms with E-state index >= 15 is 0 Å². The Morgan fingerprint density at radius 1 is 1.03 bits per heavy atom. The first-order chi connectivity index (χ1) is 14.0. The van der Waals surface area contributed by atoms with E-state index < -0.39 is 0 Å². The van der Waals surface area contributed by atoms with Crippen molar-refractivity contribution in [1.29, 1.82) is 0 Å². The molecule has 7 heteroatoms. The van der Waals surface area contributed by atoms with Gasteiger partial charge in [-0.05, 0) is 50.5 Å². The number of rotatable bonds is 8. The van der Waals surface area contributed by atoms with Gasteiger partial charge in [-0.3, -0.25) is 4.79 Å². The molecule has 0 unspecified atom stereocenters. The van der Waals surface area contributed by atoms with Crippen molar-refractivity contribution >= 4 is 23.4 Å². The van der Waals surface area contributed by atoms with E-state index in [9.17, 15) is 4.79 Å². The molecule has 0 radical (unpaired) electrons. The number of thioether (sulfide) groups is 1. The van der Waals surface area contributed by atoms with E-state index in [4.69, 9.17) is 4.74 Å². The van der Waals surface area contributed by atoms with Gasteiger partial charge in [-0.25, -0.2) is 0 Å². The van der Waals surface area contributed by atoms with Crippen molar-refractivity contribution in [2.75, 3.05) is 11.1 Å². The Morgan fingerprint density at radius 2 is 1.72 bits per heavy atom. The van der Waals surface area contributed by atoms with Crippen molar-refractivity contribution in [3.05, 3.63) is 65.0 Å². The molecule has 3 rings (SSSR count). The maximum atomic E-state index is 12.3. The molecule has 0 saturated carbocycles. The number of nitrogens with one attached hydrogen (secondary N) is 1. The first-order valence-electron chi connectivity index (χ1n) is 9.59. The topological polar surface area (TPSA) is 69.0 Å². The van der Waals surface area contributed by atoms with E-state index in [-0.39, 0.29) is 11.7 Å². The van der Waals surface area contributed by atoms with Crippen molar-refractivity contribution in [3.63, 3.8) is 0 Å². The minimum Gasteiger partial charge on any atom is -0.485 e. The zero-order chi connectivity index (χ0) is 20.8. The number of para-hydroxylation sites is 2. The highest BCUT2D eigenvalue weighted by Gasteiger charge is 2.15. The van der Waals surface area contributed by atoms with Crippen LogP contribution < -0.4 is 10.1 Å². The molecule has 1 amide bonds. The predicted octanol–water partition coefficient (Wildman–Crippen LogP) is 4.53. The third-order valence-corrected chi connectivity index (χ3v) is 5.58. The second-order valence-electron chi connectivity index (χ2n) is 6.80. The minimum atomic E-state index is -0.0664. The van der Waals surface area contributed by atoms with Crippen LogP contribution in [0.1, 0.15) is 29.4 Å². The standard InChI is InChI=1S/C22H26N4O2S/c1-5-26-19(13-28-21-16(3)10-8-11-17(21)4)24-25-22(26)29-14-20(27)23-18-12-7-6-9-15(18)2/h6-12H,5,13-14H2,1-4H3,(H,23,27). The number of nitrogens with zero attached hydrogens (tertiary/aromatic N) is 3. The lowest BCUT2D eigenvalue weighted by Gasteiger charge is -2.12. The van der Waals surface area contributed by atoms with E-state index in [1.54, 1.807) is 0 Å². The molecule has 1 heterocycles. The van der Waals surface area contributed by atoms with Crippen molar-refractivity contribution in [2.24, 2.45) is 0 Å². The molecule has 29 heavy (non-hydrogen) atoms. The summed E-state index contributed by atoms with van der Waals surface area (Å²) in [6.45, 7) is 9.10. The molecule has 0 aliphatic rings. The molecule has 0 bridgehead atoms. The van der Waals surface area contributed by atoms with Crippen LogP contribution in [0.15, 0.2) is 47.6 Å². The zero-order valence-corrected chi connectivity index (χ0v) is 18.0. The summed E-state index contributed by atoms with van der Waals surface area (Å²) >= 11 is 1.38. The van der Waals surface area contributed by atoms with Crippen molar-refractivity contribution < 1.29 is 9.53 Å². The van der Waals surface area contributed by atoms with Crippen LogP contribution in [0.5, 0.6) is 5.75 Å². The van der Waals surface area contributed by atoms with Gasteiger partial charge in [0.1, 0.15) is 12.4 Å². The van der Waals surface area contributed by atoms with Gasteiger partial charge in [-0.15, -0.1) is 10.2 Å². The summed E-state index contributed by atoms with van der Waals surface area (Å²) in [6.07, 6.45) is 0. The molecule has 0 aliphatic carbocycles. The number of carbonyl (C=O) groups excluding carboxylic acids is 1. The second kappa shape index (κ2) is 9.60. The third kappa shape index (κ3) is 5.17. The highest BCUT2D eigenvalue weighted by Crippen LogP contribution is 2.24.